The second kappa shape index (κ2) is 11.3. The van der Waals surface area contributed by atoms with E-state index in [9.17, 15) is 19.1 Å². The number of aromatic nitrogens is 3. The minimum absolute atomic E-state index is 0.00121. The summed E-state index contributed by atoms with van der Waals surface area (Å²) in [6.07, 6.45) is 2.59. The van der Waals surface area contributed by atoms with Crippen LogP contribution in [0.2, 0.25) is 5.02 Å². The van der Waals surface area contributed by atoms with Gasteiger partial charge in [-0.15, -0.1) is 0 Å². The number of halogens is 3. The molecule has 41 heavy (non-hydrogen) atoms. The van der Waals surface area contributed by atoms with Crippen molar-refractivity contribution in [3.8, 4) is 22.7 Å². The number of piperazine rings is 1. The predicted octanol–water partition coefficient (Wildman–Crippen LogP) is 5.26. The van der Waals surface area contributed by atoms with Gasteiger partial charge >= 0.3 is 5.69 Å². The SMILES string of the molecule is C=CC(=O)N1CCN(c2nc(=O)n(-c3c(Cl)cccc3CCC)c3nc(-c4c(O)cccc4F)c(F)cc23)[C@@H](C)C1. The highest BCUT2D eigenvalue weighted by molar-refractivity contribution is 6.32. The van der Waals surface area contributed by atoms with E-state index in [1.54, 1.807) is 17.0 Å². The number of carbonyl (C=O) groups is 1. The normalized spacial score (nSPS) is 15.4. The van der Waals surface area contributed by atoms with E-state index in [2.05, 4.69) is 16.5 Å². The molecule has 3 heterocycles. The summed E-state index contributed by atoms with van der Waals surface area (Å²) in [5.74, 6) is -2.32. The van der Waals surface area contributed by atoms with Crippen LogP contribution < -0.4 is 10.6 Å². The average Bonchev–Trinajstić information content (AvgIpc) is 2.94. The minimum Gasteiger partial charge on any atom is -0.507 e. The zero-order valence-electron chi connectivity index (χ0n) is 22.6. The maximum Gasteiger partial charge on any atom is 0.355 e. The molecule has 0 spiro atoms. The molecule has 5 rings (SSSR count). The van der Waals surface area contributed by atoms with Gasteiger partial charge in [-0.2, -0.15) is 4.98 Å². The highest BCUT2D eigenvalue weighted by Gasteiger charge is 2.31. The number of amides is 1. The number of fused-ring (bicyclic) bond motifs is 1. The number of pyridine rings is 1. The van der Waals surface area contributed by atoms with Gasteiger partial charge in [0.15, 0.2) is 11.5 Å². The van der Waals surface area contributed by atoms with E-state index in [4.69, 9.17) is 11.6 Å². The van der Waals surface area contributed by atoms with Crippen molar-refractivity contribution in [1.82, 2.24) is 19.4 Å². The van der Waals surface area contributed by atoms with E-state index in [1.807, 2.05) is 24.8 Å². The number of nitrogens with zero attached hydrogens (tertiary/aromatic N) is 5. The summed E-state index contributed by atoms with van der Waals surface area (Å²) >= 11 is 6.64. The number of para-hydroxylation sites is 1. The molecule has 1 saturated heterocycles. The van der Waals surface area contributed by atoms with Gasteiger partial charge in [0.25, 0.3) is 0 Å². The van der Waals surface area contributed by atoms with E-state index < -0.39 is 34.3 Å². The van der Waals surface area contributed by atoms with Crippen molar-refractivity contribution in [2.45, 2.75) is 32.7 Å². The van der Waals surface area contributed by atoms with Gasteiger partial charge in [-0.3, -0.25) is 4.79 Å². The van der Waals surface area contributed by atoms with Crippen molar-refractivity contribution < 1.29 is 18.7 Å². The average molecular weight is 580 g/mol. The van der Waals surface area contributed by atoms with E-state index >= 15 is 4.39 Å². The third-order valence-electron chi connectivity index (χ3n) is 7.23. The minimum atomic E-state index is -0.910. The van der Waals surface area contributed by atoms with Crippen molar-refractivity contribution in [1.29, 1.82) is 0 Å². The van der Waals surface area contributed by atoms with Crippen LogP contribution in [0, 0.1) is 11.6 Å². The van der Waals surface area contributed by atoms with E-state index in [0.29, 0.717) is 31.7 Å². The summed E-state index contributed by atoms with van der Waals surface area (Å²) in [6.45, 7) is 8.38. The van der Waals surface area contributed by atoms with Crippen molar-refractivity contribution in [2.24, 2.45) is 0 Å². The maximum atomic E-state index is 15.8. The predicted molar refractivity (Wildman–Crippen MR) is 155 cm³/mol. The number of carbonyl (C=O) groups excluding carboxylic acids is 1. The number of aryl methyl sites for hydroxylation is 1. The molecule has 0 saturated carbocycles. The van der Waals surface area contributed by atoms with E-state index in [1.165, 1.54) is 22.8 Å². The highest BCUT2D eigenvalue weighted by Crippen LogP contribution is 2.37. The Balaban J connectivity index is 1.82. The Morgan fingerprint density at radius 2 is 1.93 bits per heavy atom. The Bertz CT molecular complexity index is 1720. The Labute approximate surface area is 240 Å². The zero-order chi connectivity index (χ0) is 29.4. The molecule has 0 radical (unpaired) electrons. The van der Waals surface area contributed by atoms with Gasteiger partial charge in [-0.05, 0) is 49.2 Å². The van der Waals surface area contributed by atoms with Gasteiger partial charge in [0, 0.05) is 25.7 Å². The molecule has 212 valence electrons. The van der Waals surface area contributed by atoms with Crippen LogP contribution >= 0.6 is 11.6 Å². The first-order valence-electron chi connectivity index (χ1n) is 13.2. The van der Waals surface area contributed by atoms with Crippen LogP contribution in [0.25, 0.3) is 28.0 Å². The molecule has 1 aliphatic rings. The molecule has 4 aromatic rings. The molecule has 0 aliphatic carbocycles. The maximum absolute atomic E-state index is 15.8. The molecule has 2 aromatic heterocycles. The van der Waals surface area contributed by atoms with Gasteiger partial charge in [0.05, 0.1) is 21.7 Å². The summed E-state index contributed by atoms with van der Waals surface area (Å²) < 4.78 is 31.9. The molecule has 1 N–H and O–H groups in total. The smallest absolute Gasteiger partial charge is 0.355 e. The molecule has 1 atom stereocenters. The molecular weight excluding hydrogens is 552 g/mol. The zero-order valence-corrected chi connectivity index (χ0v) is 23.3. The van der Waals surface area contributed by atoms with Crippen molar-refractivity contribution >= 4 is 34.4 Å². The summed E-state index contributed by atoms with van der Waals surface area (Å²) in [7, 11) is 0. The standard InChI is InChI=1S/C30H28ClF2N5O3/c1-4-8-18-9-6-10-20(31)27(18)38-29-19(15-22(33)26(34-29)25-21(32)11-7-12-23(25)39)28(35-30(38)41)37-14-13-36(16-17(37)3)24(40)5-2/h5-7,9-12,15,17,39H,2,4,8,13-14,16H2,1,3H3/t17-/m0/s1. The van der Waals surface area contributed by atoms with E-state index in [-0.39, 0.29) is 33.8 Å². The fourth-order valence-electron chi connectivity index (χ4n) is 5.33. The molecule has 2 aromatic carbocycles. The first-order chi connectivity index (χ1) is 19.7. The van der Waals surface area contributed by atoms with Gasteiger partial charge in [-0.25, -0.2) is 23.1 Å². The summed E-state index contributed by atoms with van der Waals surface area (Å²) in [4.78, 5) is 38.3. The van der Waals surface area contributed by atoms with Gasteiger partial charge in [-0.1, -0.05) is 49.7 Å². The van der Waals surface area contributed by atoms with Crippen LogP contribution in [0.3, 0.4) is 0 Å². The number of anilines is 1. The number of hydrogen-bond donors (Lipinski definition) is 1. The second-order valence-electron chi connectivity index (χ2n) is 9.91. The summed E-state index contributed by atoms with van der Waals surface area (Å²) in [6, 6.07) is 9.71. The summed E-state index contributed by atoms with van der Waals surface area (Å²) in [5, 5.41) is 10.9. The van der Waals surface area contributed by atoms with Crippen LogP contribution in [-0.2, 0) is 11.2 Å². The Morgan fingerprint density at radius 1 is 1.17 bits per heavy atom. The lowest BCUT2D eigenvalue weighted by atomic mass is 10.1. The first kappa shape index (κ1) is 28.2. The van der Waals surface area contributed by atoms with Crippen LogP contribution in [0.5, 0.6) is 5.75 Å². The molecule has 1 fully saturated rings. The molecule has 8 nitrogen and oxygen atoms in total. The van der Waals surface area contributed by atoms with Crippen LogP contribution in [0.1, 0.15) is 25.8 Å². The first-order valence-corrected chi connectivity index (χ1v) is 13.6. The van der Waals surface area contributed by atoms with Crippen molar-refractivity contribution in [3.05, 3.63) is 87.8 Å². The molecular formula is C30H28ClF2N5O3. The fourth-order valence-corrected chi connectivity index (χ4v) is 5.61. The fraction of sp³-hybridized carbons (Fsp3) is 0.267. The largest absolute Gasteiger partial charge is 0.507 e. The molecule has 0 bridgehead atoms. The number of hydrogen-bond acceptors (Lipinski definition) is 6. The number of phenolic OH excluding ortho intramolecular Hbond substituents is 1. The van der Waals surface area contributed by atoms with Gasteiger partial charge < -0.3 is 14.9 Å². The molecule has 1 aliphatic heterocycles. The quantitative estimate of drug-likeness (QED) is 0.313. The van der Waals surface area contributed by atoms with Crippen molar-refractivity contribution in [2.75, 3.05) is 24.5 Å². The lowest BCUT2D eigenvalue weighted by Crippen LogP contribution is -2.54. The Morgan fingerprint density at radius 3 is 2.61 bits per heavy atom. The van der Waals surface area contributed by atoms with Crippen LogP contribution in [0.4, 0.5) is 14.6 Å². The lowest BCUT2D eigenvalue weighted by Gasteiger charge is -2.40. The van der Waals surface area contributed by atoms with Crippen molar-refractivity contribution in [3.63, 3.8) is 0 Å². The Kier molecular flexibility index (Phi) is 7.77. The van der Waals surface area contributed by atoms with E-state index in [0.717, 1.165) is 24.1 Å². The third kappa shape index (κ3) is 5.04. The topological polar surface area (TPSA) is 91.6 Å². The lowest BCUT2D eigenvalue weighted by molar-refractivity contribution is -0.126. The molecule has 11 heteroatoms. The summed E-state index contributed by atoms with van der Waals surface area (Å²) in [5.41, 5.74) is -0.496. The van der Waals surface area contributed by atoms with Gasteiger partial charge in [0.1, 0.15) is 23.1 Å². The number of phenols is 1. The third-order valence-corrected chi connectivity index (χ3v) is 7.53. The highest BCUT2D eigenvalue weighted by atomic mass is 35.5. The monoisotopic (exact) mass is 579 g/mol. The number of aromatic hydroxyl groups is 1. The number of benzene rings is 2. The Hall–Kier alpha value is -4.31. The molecule has 1 amide bonds. The number of rotatable bonds is 6. The molecule has 0 unspecified atom stereocenters. The van der Waals surface area contributed by atoms with Crippen LogP contribution in [0.15, 0.2) is 59.9 Å². The second-order valence-corrected chi connectivity index (χ2v) is 10.3. The van der Waals surface area contributed by atoms with Crippen LogP contribution in [-0.4, -0.2) is 56.1 Å². The van der Waals surface area contributed by atoms with Gasteiger partial charge in [0.2, 0.25) is 5.91 Å².